The van der Waals surface area contributed by atoms with E-state index in [2.05, 4.69) is 23.2 Å². The van der Waals surface area contributed by atoms with Crippen molar-refractivity contribution in [1.82, 2.24) is 10.2 Å². The Labute approximate surface area is 173 Å². The van der Waals surface area contributed by atoms with Crippen LogP contribution in [0.1, 0.15) is 41.0 Å². The highest BCUT2D eigenvalue weighted by Gasteiger charge is 2.27. The monoisotopic (exact) mass is 442 g/mol. The standard InChI is InChI=1S/C20H24F2N2O3S2/c1-14-8-10-24(11-9-14)17(18-3-2-12-28-18)13-23-19(25)15-4-6-16(7-5-15)29(26,27)20(21)22/h2-7,12,14,17,20H,8-11,13H2,1H3,(H,23,25). The van der Waals surface area contributed by atoms with Gasteiger partial charge in [-0.2, -0.15) is 8.78 Å². The maximum absolute atomic E-state index is 12.6. The highest BCUT2D eigenvalue weighted by atomic mass is 32.2. The predicted octanol–water partition coefficient (Wildman–Crippen LogP) is 3.95. The first-order valence-electron chi connectivity index (χ1n) is 9.47. The molecule has 2 aromatic rings. The molecule has 1 unspecified atom stereocenters. The SMILES string of the molecule is CC1CCN(C(CNC(=O)c2ccc(S(=O)(=O)C(F)F)cc2)c2cccs2)CC1. The van der Waals surface area contributed by atoms with Gasteiger partial charge in [0.25, 0.3) is 5.91 Å². The summed E-state index contributed by atoms with van der Waals surface area (Å²) in [5.41, 5.74) is 0.232. The van der Waals surface area contributed by atoms with E-state index in [4.69, 9.17) is 0 Å². The van der Waals surface area contributed by atoms with E-state index in [1.165, 1.54) is 17.0 Å². The van der Waals surface area contributed by atoms with Crippen molar-refractivity contribution in [3.63, 3.8) is 0 Å². The van der Waals surface area contributed by atoms with E-state index in [0.29, 0.717) is 12.5 Å². The Morgan fingerprint density at radius 3 is 2.41 bits per heavy atom. The molecule has 9 heteroatoms. The second-order valence-corrected chi connectivity index (χ2v) is 10.2. The lowest BCUT2D eigenvalue weighted by molar-refractivity contribution is 0.0915. The Balaban J connectivity index is 1.67. The van der Waals surface area contributed by atoms with Crippen LogP contribution in [-0.2, 0) is 9.84 Å². The lowest BCUT2D eigenvalue weighted by atomic mass is 9.97. The lowest BCUT2D eigenvalue weighted by Crippen LogP contribution is -2.41. The molecule has 2 heterocycles. The van der Waals surface area contributed by atoms with Crippen molar-refractivity contribution >= 4 is 27.1 Å². The van der Waals surface area contributed by atoms with Gasteiger partial charge in [0.1, 0.15) is 0 Å². The van der Waals surface area contributed by atoms with Crippen molar-refractivity contribution in [3.05, 3.63) is 52.2 Å². The van der Waals surface area contributed by atoms with Gasteiger partial charge in [-0.25, -0.2) is 8.42 Å². The molecule has 0 spiro atoms. The van der Waals surface area contributed by atoms with Crippen LogP contribution < -0.4 is 5.32 Å². The van der Waals surface area contributed by atoms with E-state index in [-0.39, 0.29) is 17.5 Å². The summed E-state index contributed by atoms with van der Waals surface area (Å²) in [6.45, 7) is 4.61. The molecule has 1 amide bonds. The van der Waals surface area contributed by atoms with Gasteiger partial charge in [0.05, 0.1) is 10.9 Å². The normalized spacial score (nSPS) is 17.4. The third-order valence-electron chi connectivity index (χ3n) is 5.27. The first-order valence-corrected chi connectivity index (χ1v) is 11.9. The zero-order valence-corrected chi connectivity index (χ0v) is 17.7. The number of nitrogens with one attached hydrogen (secondary N) is 1. The molecule has 1 aliphatic heterocycles. The number of rotatable bonds is 7. The minimum Gasteiger partial charge on any atom is -0.350 e. The van der Waals surface area contributed by atoms with Crippen molar-refractivity contribution in [3.8, 4) is 0 Å². The van der Waals surface area contributed by atoms with Crippen molar-refractivity contribution in [2.24, 2.45) is 5.92 Å². The van der Waals surface area contributed by atoms with Gasteiger partial charge in [0, 0.05) is 17.0 Å². The number of likely N-dealkylation sites (tertiary alicyclic amines) is 1. The quantitative estimate of drug-likeness (QED) is 0.705. The molecule has 3 rings (SSSR count). The average molecular weight is 443 g/mol. The molecule has 1 aromatic heterocycles. The van der Waals surface area contributed by atoms with E-state index in [0.717, 1.165) is 38.1 Å². The molecule has 1 aliphatic rings. The second kappa shape index (κ2) is 9.32. The number of hydrogen-bond donors (Lipinski definition) is 1. The first-order chi connectivity index (χ1) is 13.8. The van der Waals surface area contributed by atoms with Gasteiger partial charge in [-0.15, -0.1) is 11.3 Å². The van der Waals surface area contributed by atoms with Crippen LogP contribution in [0.4, 0.5) is 8.78 Å². The number of hydrogen-bond acceptors (Lipinski definition) is 5. The van der Waals surface area contributed by atoms with Gasteiger partial charge in [-0.1, -0.05) is 13.0 Å². The Hall–Kier alpha value is -1.84. The smallest absolute Gasteiger partial charge is 0.341 e. The molecule has 29 heavy (non-hydrogen) atoms. The zero-order valence-electron chi connectivity index (χ0n) is 16.1. The van der Waals surface area contributed by atoms with Crippen LogP contribution in [0.25, 0.3) is 0 Å². The molecule has 5 nitrogen and oxygen atoms in total. The summed E-state index contributed by atoms with van der Waals surface area (Å²) in [6.07, 6.45) is 2.24. The van der Waals surface area contributed by atoms with Gasteiger partial charge in [0.15, 0.2) is 0 Å². The summed E-state index contributed by atoms with van der Waals surface area (Å²) < 4.78 is 48.3. The van der Waals surface area contributed by atoms with E-state index < -0.39 is 20.5 Å². The van der Waals surface area contributed by atoms with Crippen LogP contribution in [0.15, 0.2) is 46.7 Å². The molecule has 1 saturated heterocycles. The summed E-state index contributed by atoms with van der Waals surface area (Å²) in [6, 6.07) is 8.72. The lowest BCUT2D eigenvalue weighted by Gasteiger charge is -2.36. The van der Waals surface area contributed by atoms with E-state index in [9.17, 15) is 22.0 Å². The number of piperidine rings is 1. The Bertz CT molecular complexity index is 908. The minimum absolute atomic E-state index is 0.0740. The number of sulfone groups is 1. The molecule has 1 aromatic carbocycles. The average Bonchev–Trinajstić information content (AvgIpc) is 3.24. The van der Waals surface area contributed by atoms with E-state index in [1.807, 2.05) is 11.4 Å². The molecule has 1 N–H and O–H groups in total. The number of alkyl halides is 2. The van der Waals surface area contributed by atoms with Gasteiger partial charge >= 0.3 is 5.76 Å². The van der Waals surface area contributed by atoms with Crippen LogP contribution in [0.5, 0.6) is 0 Å². The fourth-order valence-corrected chi connectivity index (χ4v) is 5.00. The molecular formula is C20H24F2N2O3S2. The Morgan fingerprint density at radius 2 is 1.86 bits per heavy atom. The largest absolute Gasteiger partial charge is 0.350 e. The maximum Gasteiger partial charge on any atom is 0.341 e. The molecule has 0 bridgehead atoms. The molecule has 158 valence electrons. The van der Waals surface area contributed by atoms with Crippen molar-refractivity contribution < 1.29 is 22.0 Å². The minimum atomic E-state index is -4.66. The molecular weight excluding hydrogens is 418 g/mol. The van der Waals surface area contributed by atoms with Crippen LogP contribution in [0, 0.1) is 5.92 Å². The molecule has 0 saturated carbocycles. The fourth-order valence-electron chi connectivity index (χ4n) is 3.42. The van der Waals surface area contributed by atoms with Crippen molar-refractivity contribution in [1.29, 1.82) is 0 Å². The molecule has 1 atom stereocenters. The highest BCUT2D eigenvalue weighted by Crippen LogP contribution is 2.29. The predicted molar refractivity (Wildman–Crippen MR) is 109 cm³/mol. The summed E-state index contributed by atoms with van der Waals surface area (Å²) in [5, 5.41) is 4.92. The molecule has 0 radical (unpaired) electrons. The first kappa shape index (κ1) is 21.9. The topological polar surface area (TPSA) is 66.5 Å². The summed E-state index contributed by atoms with van der Waals surface area (Å²) in [5.74, 6) is -3.15. The Morgan fingerprint density at radius 1 is 1.21 bits per heavy atom. The van der Waals surface area contributed by atoms with Gasteiger partial charge in [-0.3, -0.25) is 9.69 Å². The molecule has 0 aliphatic carbocycles. The number of halogens is 2. The number of amides is 1. The second-order valence-electron chi connectivity index (χ2n) is 7.29. The van der Waals surface area contributed by atoms with Crippen molar-refractivity contribution in [2.75, 3.05) is 19.6 Å². The Kier molecular flexibility index (Phi) is 7.02. The number of carbonyl (C=O) groups is 1. The van der Waals surface area contributed by atoms with Crippen LogP contribution in [-0.4, -0.2) is 44.6 Å². The third kappa shape index (κ3) is 5.21. The van der Waals surface area contributed by atoms with Gasteiger partial charge < -0.3 is 5.32 Å². The number of carbonyl (C=O) groups excluding carboxylic acids is 1. The number of benzene rings is 1. The van der Waals surface area contributed by atoms with Crippen molar-refractivity contribution in [2.45, 2.75) is 36.5 Å². The summed E-state index contributed by atoms with van der Waals surface area (Å²) in [4.78, 5) is 15.6. The van der Waals surface area contributed by atoms with E-state index >= 15 is 0 Å². The summed E-state index contributed by atoms with van der Waals surface area (Å²) in [7, 11) is -4.66. The number of nitrogens with zero attached hydrogens (tertiary/aromatic N) is 1. The van der Waals surface area contributed by atoms with Gasteiger partial charge in [0.2, 0.25) is 9.84 Å². The fraction of sp³-hybridized carbons (Fsp3) is 0.450. The maximum atomic E-state index is 12.6. The van der Waals surface area contributed by atoms with Gasteiger partial charge in [-0.05, 0) is 67.6 Å². The number of thiophene rings is 1. The van der Waals surface area contributed by atoms with Crippen LogP contribution in [0.3, 0.4) is 0 Å². The zero-order chi connectivity index (χ0) is 21.0. The highest BCUT2D eigenvalue weighted by molar-refractivity contribution is 7.91. The van der Waals surface area contributed by atoms with Crippen LogP contribution in [0.2, 0.25) is 0 Å². The summed E-state index contributed by atoms with van der Waals surface area (Å²) >= 11 is 1.65. The molecule has 1 fully saturated rings. The van der Waals surface area contributed by atoms with E-state index in [1.54, 1.807) is 11.3 Å². The van der Waals surface area contributed by atoms with Crippen LogP contribution >= 0.6 is 11.3 Å². The third-order valence-corrected chi connectivity index (χ3v) is 7.64.